The quantitative estimate of drug-likeness (QED) is 0.770. The van der Waals surface area contributed by atoms with Crippen LogP contribution in [0, 0.1) is 6.92 Å². The van der Waals surface area contributed by atoms with Gasteiger partial charge in [0.15, 0.2) is 0 Å². The molecule has 14 heavy (non-hydrogen) atoms. The van der Waals surface area contributed by atoms with Crippen LogP contribution in [0.15, 0.2) is 11.1 Å². The fourth-order valence-electron chi connectivity index (χ4n) is 1.01. The molecule has 0 amide bonds. The van der Waals surface area contributed by atoms with E-state index in [1.54, 1.807) is 12.3 Å². The fourth-order valence-corrected chi connectivity index (χ4v) is 1.56. The Morgan fingerprint density at radius 2 is 2.07 bits per heavy atom. The Balaban J connectivity index is 3.01. The van der Waals surface area contributed by atoms with E-state index in [1.165, 1.54) is 0 Å². The summed E-state index contributed by atoms with van der Waals surface area (Å²) in [6.07, 6.45) is 1.61. The molecule has 1 N–H and O–H groups in total. The maximum absolute atomic E-state index is 11.2. The zero-order chi connectivity index (χ0) is 10.7. The van der Waals surface area contributed by atoms with Crippen LogP contribution in [0.4, 0.5) is 5.95 Å². The van der Waals surface area contributed by atoms with E-state index < -0.39 is 10.8 Å². The number of nitrogens with zero attached hydrogens (tertiary/aromatic N) is 2. The molecule has 1 rings (SSSR count). The Labute approximate surface area is 86.6 Å². The van der Waals surface area contributed by atoms with E-state index in [0.717, 1.165) is 5.69 Å². The van der Waals surface area contributed by atoms with Gasteiger partial charge in [0.1, 0.15) is 5.03 Å². The molecule has 0 aromatic carbocycles. The second-order valence-corrected chi connectivity index (χ2v) is 4.75. The lowest BCUT2D eigenvalue weighted by atomic mass is 10.4. The molecule has 0 aliphatic rings. The summed E-state index contributed by atoms with van der Waals surface area (Å²) in [4.78, 5) is 8.35. The van der Waals surface area contributed by atoms with Crippen LogP contribution in [0.5, 0.6) is 0 Å². The van der Waals surface area contributed by atoms with E-state index >= 15 is 0 Å². The number of hydrogen-bond donors (Lipinski definition) is 1. The van der Waals surface area contributed by atoms with Crippen molar-refractivity contribution in [2.45, 2.75) is 31.8 Å². The number of rotatable bonds is 3. The van der Waals surface area contributed by atoms with Gasteiger partial charge in [0, 0.05) is 18.0 Å². The molecule has 4 nitrogen and oxygen atoms in total. The summed E-state index contributed by atoms with van der Waals surface area (Å²) in [6, 6.07) is 2.01. The van der Waals surface area contributed by atoms with Gasteiger partial charge in [-0.15, -0.1) is 0 Å². The van der Waals surface area contributed by atoms with E-state index in [-0.39, 0.29) is 6.04 Å². The van der Waals surface area contributed by atoms with Crippen molar-refractivity contribution in [1.82, 2.24) is 9.97 Å². The highest BCUT2D eigenvalue weighted by Gasteiger charge is 2.05. The van der Waals surface area contributed by atoms with E-state index in [0.29, 0.717) is 11.0 Å². The van der Waals surface area contributed by atoms with E-state index in [1.807, 2.05) is 20.8 Å². The minimum absolute atomic E-state index is 0.273. The van der Waals surface area contributed by atoms with Gasteiger partial charge in [-0.05, 0) is 26.8 Å². The van der Waals surface area contributed by atoms with E-state index in [2.05, 4.69) is 15.3 Å². The minimum atomic E-state index is -1.06. The van der Waals surface area contributed by atoms with Gasteiger partial charge >= 0.3 is 0 Å². The molecule has 0 fully saturated rings. The standard InChI is InChI=1S/C9H15N3OS/c1-6(2)10-9-11-7(3)5-8(12-9)14(4)13/h5-6H,1-4H3,(H,10,11,12). The third kappa shape index (κ3) is 3.06. The van der Waals surface area contributed by atoms with Crippen molar-refractivity contribution in [3.8, 4) is 0 Å². The predicted octanol–water partition coefficient (Wildman–Crippen LogP) is 1.34. The first-order valence-electron chi connectivity index (χ1n) is 4.44. The fraction of sp³-hybridized carbons (Fsp3) is 0.556. The number of hydrogen-bond acceptors (Lipinski definition) is 4. The highest BCUT2D eigenvalue weighted by atomic mass is 32.2. The van der Waals surface area contributed by atoms with Crippen LogP contribution in [-0.4, -0.2) is 26.5 Å². The molecule has 78 valence electrons. The maximum Gasteiger partial charge on any atom is 0.224 e. The van der Waals surface area contributed by atoms with Crippen molar-refractivity contribution in [2.75, 3.05) is 11.6 Å². The van der Waals surface area contributed by atoms with Gasteiger partial charge in [-0.3, -0.25) is 4.21 Å². The van der Waals surface area contributed by atoms with Gasteiger partial charge in [-0.1, -0.05) is 0 Å². The Morgan fingerprint density at radius 3 is 2.57 bits per heavy atom. The summed E-state index contributed by atoms with van der Waals surface area (Å²) in [6.45, 7) is 5.88. The summed E-state index contributed by atoms with van der Waals surface area (Å²) in [5.74, 6) is 0.546. The molecule has 0 spiro atoms. The third-order valence-electron chi connectivity index (χ3n) is 1.54. The highest BCUT2D eigenvalue weighted by molar-refractivity contribution is 7.84. The molecule has 5 heteroatoms. The van der Waals surface area contributed by atoms with Crippen LogP contribution in [0.25, 0.3) is 0 Å². The highest BCUT2D eigenvalue weighted by Crippen LogP contribution is 2.08. The SMILES string of the molecule is Cc1cc(S(C)=O)nc(NC(C)C)n1. The van der Waals surface area contributed by atoms with Crippen molar-refractivity contribution in [3.05, 3.63) is 11.8 Å². The van der Waals surface area contributed by atoms with Gasteiger partial charge in [0.2, 0.25) is 5.95 Å². The minimum Gasteiger partial charge on any atom is -0.352 e. The molecule has 1 unspecified atom stereocenters. The zero-order valence-corrected chi connectivity index (χ0v) is 9.68. The van der Waals surface area contributed by atoms with Crippen LogP contribution in [-0.2, 0) is 10.8 Å². The molecular formula is C9H15N3OS. The summed E-state index contributed by atoms with van der Waals surface area (Å²) >= 11 is 0. The van der Waals surface area contributed by atoms with Gasteiger partial charge in [-0.2, -0.15) is 0 Å². The van der Waals surface area contributed by atoms with Crippen LogP contribution in [0.2, 0.25) is 0 Å². The predicted molar refractivity (Wildman–Crippen MR) is 57.9 cm³/mol. The number of anilines is 1. The molecule has 1 heterocycles. The largest absolute Gasteiger partial charge is 0.352 e. The average Bonchev–Trinajstić information content (AvgIpc) is 2.01. The molecule has 1 atom stereocenters. The van der Waals surface area contributed by atoms with Gasteiger partial charge < -0.3 is 5.32 Å². The lowest BCUT2D eigenvalue weighted by Crippen LogP contribution is -2.13. The van der Waals surface area contributed by atoms with E-state index in [4.69, 9.17) is 0 Å². The van der Waals surface area contributed by atoms with Gasteiger partial charge in [0.05, 0.1) is 10.8 Å². The number of nitrogens with one attached hydrogen (secondary N) is 1. The Morgan fingerprint density at radius 1 is 1.43 bits per heavy atom. The molecular weight excluding hydrogens is 198 g/mol. The van der Waals surface area contributed by atoms with Crippen molar-refractivity contribution in [3.63, 3.8) is 0 Å². The molecule has 0 saturated heterocycles. The third-order valence-corrected chi connectivity index (χ3v) is 2.34. The number of aromatic nitrogens is 2. The first-order valence-corrected chi connectivity index (χ1v) is 6.00. The molecule has 1 aromatic heterocycles. The Bertz CT molecular complexity index is 352. The van der Waals surface area contributed by atoms with Crippen LogP contribution in [0.1, 0.15) is 19.5 Å². The monoisotopic (exact) mass is 213 g/mol. The van der Waals surface area contributed by atoms with Gasteiger partial charge in [0.25, 0.3) is 0 Å². The lowest BCUT2D eigenvalue weighted by molar-refractivity contribution is 0.683. The summed E-state index contributed by atoms with van der Waals surface area (Å²) in [7, 11) is -1.06. The molecule has 1 aromatic rings. The topological polar surface area (TPSA) is 54.9 Å². The molecule has 0 aliphatic heterocycles. The Hall–Kier alpha value is -0.970. The average molecular weight is 213 g/mol. The maximum atomic E-state index is 11.2. The number of aryl methyl sites for hydroxylation is 1. The van der Waals surface area contributed by atoms with Crippen molar-refractivity contribution in [2.24, 2.45) is 0 Å². The first-order chi connectivity index (χ1) is 6.49. The summed E-state index contributed by atoms with van der Waals surface area (Å²) < 4.78 is 11.2. The van der Waals surface area contributed by atoms with Crippen molar-refractivity contribution >= 4 is 16.7 Å². The van der Waals surface area contributed by atoms with Crippen molar-refractivity contribution in [1.29, 1.82) is 0 Å². The normalized spacial score (nSPS) is 12.9. The molecule has 0 aliphatic carbocycles. The molecule has 0 bridgehead atoms. The Kier molecular flexibility index (Phi) is 3.57. The first kappa shape index (κ1) is 11.1. The van der Waals surface area contributed by atoms with Gasteiger partial charge in [-0.25, -0.2) is 9.97 Å². The second kappa shape index (κ2) is 4.50. The van der Waals surface area contributed by atoms with E-state index in [9.17, 15) is 4.21 Å². The molecule has 0 saturated carbocycles. The molecule has 0 radical (unpaired) electrons. The van der Waals surface area contributed by atoms with Crippen LogP contribution < -0.4 is 5.32 Å². The lowest BCUT2D eigenvalue weighted by Gasteiger charge is -2.09. The summed E-state index contributed by atoms with van der Waals surface area (Å²) in [5.41, 5.74) is 0.827. The smallest absolute Gasteiger partial charge is 0.224 e. The summed E-state index contributed by atoms with van der Waals surface area (Å²) in [5, 5.41) is 3.65. The van der Waals surface area contributed by atoms with Crippen LogP contribution in [0.3, 0.4) is 0 Å². The zero-order valence-electron chi connectivity index (χ0n) is 8.87. The second-order valence-electron chi connectivity index (χ2n) is 3.42. The van der Waals surface area contributed by atoms with Crippen molar-refractivity contribution < 1.29 is 4.21 Å². The van der Waals surface area contributed by atoms with Crippen LogP contribution >= 0.6 is 0 Å².